The number of ketones is 1. The molecule has 0 amide bonds. The molecule has 1 saturated carbocycles. The zero-order chi connectivity index (χ0) is 20.8. The van der Waals surface area contributed by atoms with Crippen molar-refractivity contribution in [2.24, 2.45) is 16.6 Å². The van der Waals surface area contributed by atoms with E-state index in [-0.39, 0.29) is 30.2 Å². The van der Waals surface area contributed by atoms with Crippen molar-refractivity contribution in [2.45, 2.75) is 44.8 Å². The molecule has 29 heavy (non-hydrogen) atoms. The maximum absolute atomic E-state index is 12.8. The Morgan fingerprint density at radius 3 is 2.93 bits per heavy atom. The Labute approximate surface area is 174 Å². The Kier molecular flexibility index (Phi) is 4.79. The Balaban J connectivity index is 1.67. The second-order valence-electron chi connectivity index (χ2n) is 7.64. The minimum atomic E-state index is -0.522. The van der Waals surface area contributed by atoms with Gasteiger partial charge in [-0.05, 0) is 48.6 Å². The lowest BCUT2D eigenvalue weighted by Gasteiger charge is -2.33. The van der Waals surface area contributed by atoms with Crippen molar-refractivity contribution in [1.29, 1.82) is 5.26 Å². The number of nitriles is 1. The summed E-state index contributed by atoms with van der Waals surface area (Å²) in [4.78, 5) is 21.7. The highest BCUT2D eigenvalue weighted by atomic mass is 35.5. The van der Waals surface area contributed by atoms with Gasteiger partial charge in [0.15, 0.2) is 5.78 Å². The number of Topliss-reactive ketones (excluding diaryl/α,β-unsaturated/α-hetero) is 1. The van der Waals surface area contributed by atoms with Crippen LogP contribution in [-0.2, 0) is 16.7 Å². The maximum atomic E-state index is 12.8. The molecule has 0 unspecified atom stereocenters. The normalized spacial score (nSPS) is 24.7. The predicted molar refractivity (Wildman–Crippen MR) is 110 cm³/mol. The molecule has 0 bridgehead atoms. The van der Waals surface area contributed by atoms with Crippen LogP contribution in [0.4, 0.5) is 0 Å². The van der Waals surface area contributed by atoms with E-state index in [9.17, 15) is 4.79 Å². The third-order valence-corrected chi connectivity index (χ3v) is 6.13. The number of rotatable bonds is 5. The van der Waals surface area contributed by atoms with Gasteiger partial charge in [0.2, 0.25) is 0 Å². The van der Waals surface area contributed by atoms with E-state index in [1.807, 2.05) is 24.3 Å². The van der Waals surface area contributed by atoms with E-state index in [0.717, 1.165) is 24.0 Å². The molecule has 1 aliphatic carbocycles. The minimum Gasteiger partial charge on any atom is -0.462 e. The zero-order valence-electron chi connectivity index (χ0n) is 16.3. The van der Waals surface area contributed by atoms with Crippen LogP contribution in [0.15, 0.2) is 35.5 Å². The number of pyridine rings is 1. The van der Waals surface area contributed by atoms with Gasteiger partial charge in [-0.1, -0.05) is 30.7 Å². The van der Waals surface area contributed by atoms with Crippen molar-refractivity contribution < 1.29 is 9.53 Å². The molecular formula is C22H21ClN4O2. The molecule has 1 fully saturated rings. The van der Waals surface area contributed by atoms with Gasteiger partial charge >= 0.3 is 0 Å². The molecule has 4 rings (SSSR count). The standard InChI is InChI=1S/C22H21ClN4O2/c1-3-22(16-9-19(16)29-21(25)27-22)15-7-13(4-5-17(15)23)8-18(28)20-12(2)6-14(10-24)11-26-20/h4-7,11,16,19H,3,8-9H2,1-2H3,(H2,25,27)/t16-,19+,22+/m0/s1. The number of nitrogens with two attached hydrogens (primary N) is 1. The number of ether oxygens (including phenoxy) is 1. The fourth-order valence-electron chi connectivity index (χ4n) is 4.27. The Morgan fingerprint density at radius 1 is 1.45 bits per heavy atom. The lowest BCUT2D eigenvalue weighted by atomic mass is 9.81. The summed E-state index contributed by atoms with van der Waals surface area (Å²) in [6, 6.07) is 9.53. The van der Waals surface area contributed by atoms with Gasteiger partial charge in [0.1, 0.15) is 17.9 Å². The third kappa shape index (κ3) is 3.36. The maximum Gasteiger partial charge on any atom is 0.283 e. The second kappa shape index (κ2) is 7.16. The minimum absolute atomic E-state index is 0.0827. The number of benzene rings is 1. The van der Waals surface area contributed by atoms with Gasteiger partial charge in [-0.15, -0.1) is 0 Å². The molecule has 0 spiro atoms. The first kappa shape index (κ1) is 19.4. The molecule has 0 radical (unpaired) electrons. The first-order chi connectivity index (χ1) is 13.9. The smallest absolute Gasteiger partial charge is 0.283 e. The molecule has 6 nitrogen and oxygen atoms in total. The molecule has 1 aliphatic heterocycles. The lowest BCUT2D eigenvalue weighted by Crippen LogP contribution is -2.37. The van der Waals surface area contributed by atoms with Crippen LogP contribution >= 0.6 is 11.6 Å². The van der Waals surface area contributed by atoms with Gasteiger partial charge in [0, 0.05) is 23.6 Å². The summed E-state index contributed by atoms with van der Waals surface area (Å²) in [5.74, 6) is 0.135. The number of fused-ring (bicyclic) bond motifs is 1. The Hall–Kier alpha value is -2.91. The van der Waals surface area contributed by atoms with Crippen LogP contribution in [0.1, 0.15) is 52.5 Å². The number of aliphatic imine (C=N–C) groups is 1. The van der Waals surface area contributed by atoms with Crippen LogP contribution < -0.4 is 5.73 Å². The van der Waals surface area contributed by atoms with Crippen LogP contribution in [0.5, 0.6) is 0 Å². The summed E-state index contributed by atoms with van der Waals surface area (Å²) < 4.78 is 5.56. The number of carbonyl (C=O) groups excluding carboxylic acids is 1. The van der Waals surface area contributed by atoms with Gasteiger partial charge < -0.3 is 10.5 Å². The first-order valence-electron chi connectivity index (χ1n) is 9.58. The fraction of sp³-hybridized carbons (Fsp3) is 0.364. The van der Waals surface area contributed by atoms with E-state index >= 15 is 0 Å². The number of aryl methyl sites for hydroxylation is 1. The average molecular weight is 409 g/mol. The summed E-state index contributed by atoms with van der Waals surface area (Å²) >= 11 is 6.56. The molecule has 148 valence electrons. The van der Waals surface area contributed by atoms with Crippen LogP contribution in [0.25, 0.3) is 0 Å². The molecule has 2 aliphatic rings. The Bertz CT molecular complexity index is 1070. The van der Waals surface area contributed by atoms with Crippen LogP contribution in [0.3, 0.4) is 0 Å². The number of hydrogen-bond donors (Lipinski definition) is 1. The molecular weight excluding hydrogens is 388 g/mol. The van der Waals surface area contributed by atoms with Gasteiger partial charge in [-0.2, -0.15) is 5.26 Å². The molecule has 7 heteroatoms. The molecule has 2 heterocycles. The predicted octanol–water partition coefficient (Wildman–Crippen LogP) is 3.68. The summed E-state index contributed by atoms with van der Waals surface area (Å²) in [6.45, 7) is 3.85. The molecule has 0 saturated heterocycles. The van der Waals surface area contributed by atoms with Gasteiger partial charge in [-0.25, -0.2) is 4.99 Å². The average Bonchev–Trinajstić information content (AvgIpc) is 3.48. The number of aromatic nitrogens is 1. The molecule has 2 N–H and O–H groups in total. The SMILES string of the molecule is CC[C@]1(c2cc(CC(=O)c3ncc(C#N)cc3C)ccc2Cl)N=C(N)O[C@@H]2C[C@@H]21. The highest BCUT2D eigenvalue weighted by Crippen LogP contribution is 2.55. The van der Waals surface area contributed by atoms with Crippen LogP contribution in [0, 0.1) is 24.2 Å². The van der Waals surface area contributed by atoms with Crippen LogP contribution in [-0.4, -0.2) is 22.9 Å². The van der Waals surface area contributed by atoms with E-state index < -0.39 is 5.54 Å². The van der Waals surface area contributed by atoms with E-state index in [0.29, 0.717) is 21.8 Å². The summed E-state index contributed by atoms with van der Waals surface area (Å²) in [6.07, 6.45) is 3.33. The first-order valence-corrected chi connectivity index (χ1v) is 9.96. The monoisotopic (exact) mass is 408 g/mol. The van der Waals surface area contributed by atoms with E-state index in [4.69, 9.17) is 27.3 Å². The largest absolute Gasteiger partial charge is 0.462 e. The van der Waals surface area contributed by atoms with E-state index in [1.165, 1.54) is 6.20 Å². The van der Waals surface area contributed by atoms with Crippen molar-refractivity contribution >= 4 is 23.4 Å². The van der Waals surface area contributed by atoms with Crippen molar-refractivity contribution in [2.75, 3.05) is 0 Å². The third-order valence-electron chi connectivity index (χ3n) is 5.80. The van der Waals surface area contributed by atoms with Gasteiger partial charge in [-0.3, -0.25) is 9.78 Å². The molecule has 2 aromatic rings. The summed E-state index contributed by atoms with van der Waals surface area (Å²) in [5, 5.41) is 9.59. The van der Waals surface area contributed by atoms with Crippen molar-refractivity contribution in [1.82, 2.24) is 4.98 Å². The van der Waals surface area contributed by atoms with Gasteiger partial charge in [0.25, 0.3) is 6.02 Å². The fourth-order valence-corrected chi connectivity index (χ4v) is 4.55. The topological polar surface area (TPSA) is 101 Å². The highest BCUT2D eigenvalue weighted by molar-refractivity contribution is 6.31. The summed E-state index contributed by atoms with van der Waals surface area (Å²) in [7, 11) is 0. The van der Waals surface area contributed by atoms with Crippen molar-refractivity contribution in [3.8, 4) is 6.07 Å². The Morgan fingerprint density at radius 2 is 2.24 bits per heavy atom. The quantitative estimate of drug-likeness (QED) is 0.760. The van der Waals surface area contributed by atoms with Crippen molar-refractivity contribution in [3.05, 3.63) is 63.4 Å². The van der Waals surface area contributed by atoms with E-state index in [2.05, 4.69) is 16.9 Å². The second-order valence-corrected chi connectivity index (χ2v) is 8.05. The number of halogens is 1. The molecule has 3 atom stereocenters. The number of nitrogens with zero attached hydrogens (tertiary/aromatic N) is 3. The van der Waals surface area contributed by atoms with Crippen molar-refractivity contribution in [3.63, 3.8) is 0 Å². The summed E-state index contributed by atoms with van der Waals surface area (Å²) in [5.41, 5.74) is 8.63. The molecule has 1 aromatic carbocycles. The number of hydrogen-bond acceptors (Lipinski definition) is 6. The van der Waals surface area contributed by atoms with E-state index in [1.54, 1.807) is 13.0 Å². The highest BCUT2D eigenvalue weighted by Gasteiger charge is 2.58. The number of amidine groups is 1. The van der Waals surface area contributed by atoms with Crippen LogP contribution in [0.2, 0.25) is 5.02 Å². The molecule has 1 aromatic heterocycles. The number of carbonyl (C=O) groups is 1. The van der Waals surface area contributed by atoms with Gasteiger partial charge in [0.05, 0.1) is 11.1 Å². The lowest BCUT2D eigenvalue weighted by molar-refractivity contribution is 0.0987. The zero-order valence-corrected chi connectivity index (χ0v) is 17.0.